The van der Waals surface area contributed by atoms with E-state index in [1.807, 2.05) is 67.1 Å². The van der Waals surface area contributed by atoms with Gasteiger partial charge in [0.2, 0.25) is 0 Å². The second-order valence-corrected chi connectivity index (χ2v) is 3.75. The average molecular weight is 203 g/mol. The van der Waals surface area contributed by atoms with Crippen LogP contribution in [0.3, 0.4) is 0 Å². The van der Waals surface area contributed by atoms with Crippen molar-refractivity contribution in [2.45, 2.75) is 0 Å². The number of hydrogen-bond donors (Lipinski definition) is 0. The number of hydrogen-bond acceptors (Lipinski definition) is 2. The zero-order valence-corrected chi connectivity index (χ0v) is 9.27. The molecule has 0 aliphatic rings. The van der Waals surface area contributed by atoms with Crippen molar-refractivity contribution < 1.29 is 8.98 Å². The summed E-state index contributed by atoms with van der Waals surface area (Å²) in [6.07, 6.45) is 1.99. The van der Waals surface area contributed by atoms with Crippen LogP contribution in [-0.4, -0.2) is 14.1 Å². The lowest BCUT2D eigenvalue weighted by Crippen LogP contribution is -2.32. The van der Waals surface area contributed by atoms with E-state index in [-0.39, 0.29) is 0 Å². The summed E-state index contributed by atoms with van der Waals surface area (Å²) in [4.78, 5) is 1.95. The molecule has 0 aliphatic carbocycles. The molecule has 2 aromatic rings. The molecule has 0 bridgehead atoms. The monoisotopic (exact) mass is 203 g/mol. The van der Waals surface area contributed by atoms with Crippen LogP contribution in [-0.2, 0) is 7.05 Å². The van der Waals surface area contributed by atoms with Crippen LogP contribution in [0.1, 0.15) is 0 Å². The van der Waals surface area contributed by atoms with Gasteiger partial charge in [0.1, 0.15) is 6.20 Å². The summed E-state index contributed by atoms with van der Waals surface area (Å²) in [6, 6.07) is 10.9. The molecule has 1 heterocycles. The number of rotatable bonds is 2. The second-order valence-electron chi connectivity index (χ2n) is 3.75. The van der Waals surface area contributed by atoms with Crippen LogP contribution >= 0.6 is 0 Å². The predicted octanol–water partition coefficient (Wildman–Crippen LogP) is 1.84. The number of benzene rings is 1. The molecule has 0 unspecified atom stereocenters. The van der Waals surface area contributed by atoms with E-state index in [4.69, 9.17) is 4.42 Å². The molecule has 0 spiro atoms. The van der Waals surface area contributed by atoms with Crippen LogP contribution in [0.25, 0.3) is 11.3 Å². The summed E-state index contributed by atoms with van der Waals surface area (Å²) in [6.45, 7) is 0. The maximum atomic E-state index is 5.75. The number of anilines is 1. The molecule has 0 aliphatic heterocycles. The van der Waals surface area contributed by atoms with E-state index in [1.54, 1.807) is 0 Å². The molecule has 2 rings (SSSR count). The topological polar surface area (TPSA) is 20.3 Å². The summed E-state index contributed by atoms with van der Waals surface area (Å²) < 4.78 is 7.73. The van der Waals surface area contributed by atoms with Crippen molar-refractivity contribution in [2.24, 2.45) is 7.05 Å². The Bertz CT molecular complexity index is 446. The van der Waals surface area contributed by atoms with Gasteiger partial charge >= 0.3 is 6.01 Å². The fraction of sp³-hybridized carbons (Fsp3) is 0.250. The van der Waals surface area contributed by atoms with Gasteiger partial charge in [-0.1, -0.05) is 30.3 Å². The summed E-state index contributed by atoms with van der Waals surface area (Å²) in [5, 5.41) is 0. The van der Waals surface area contributed by atoms with E-state index >= 15 is 0 Å². The van der Waals surface area contributed by atoms with Crippen LogP contribution in [0.4, 0.5) is 6.01 Å². The first-order chi connectivity index (χ1) is 7.18. The van der Waals surface area contributed by atoms with Gasteiger partial charge in [-0.15, -0.1) is 0 Å². The molecular weight excluding hydrogens is 188 g/mol. The summed E-state index contributed by atoms with van der Waals surface area (Å²) >= 11 is 0. The first-order valence-corrected chi connectivity index (χ1v) is 4.90. The Balaban J connectivity index is 2.43. The zero-order valence-electron chi connectivity index (χ0n) is 9.27. The van der Waals surface area contributed by atoms with Crippen molar-refractivity contribution in [3.05, 3.63) is 36.5 Å². The van der Waals surface area contributed by atoms with Gasteiger partial charge in [-0.25, -0.2) is 4.90 Å². The molecule has 3 nitrogen and oxygen atoms in total. The van der Waals surface area contributed by atoms with Crippen LogP contribution in [0.2, 0.25) is 0 Å². The smallest absolute Gasteiger partial charge is 0.387 e. The number of aryl methyl sites for hydroxylation is 1. The lowest BCUT2D eigenvalue weighted by atomic mass is 10.2. The van der Waals surface area contributed by atoms with Gasteiger partial charge in [-0.05, 0) is 0 Å². The van der Waals surface area contributed by atoms with E-state index in [0.29, 0.717) is 0 Å². The highest BCUT2D eigenvalue weighted by Crippen LogP contribution is 2.21. The summed E-state index contributed by atoms with van der Waals surface area (Å²) in [5.41, 5.74) is 1.10. The van der Waals surface area contributed by atoms with E-state index < -0.39 is 0 Å². The predicted molar refractivity (Wildman–Crippen MR) is 59.6 cm³/mol. The molecule has 0 N–H and O–H groups in total. The lowest BCUT2D eigenvalue weighted by molar-refractivity contribution is -0.660. The molecule has 78 valence electrons. The Morgan fingerprint density at radius 2 is 1.80 bits per heavy atom. The molecular formula is C12H15N2O+. The molecule has 1 aromatic heterocycles. The minimum atomic E-state index is 0.842. The van der Waals surface area contributed by atoms with Crippen LogP contribution in [0.5, 0.6) is 0 Å². The second kappa shape index (κ2) is 3.77. The van der Waals surface area contributed by atoms with Crippen molar-refractivity contribution >= 4 is 6.01 Å². The highest BCUT2D eigenvalue weighted by Gasteiger charge is 2.17. The third kappa shape index (κ3) is 1.86. The molecule has 1 aromatic carbocycles. The standard InChI is InChI=1S/C12H15N2O/c1-13(2)12-14(3)9-11(15-12)10-7-5-4-6-8-10/h4-9H,1-3H3/q+1. The number of aromatic nitrogens is 1. The molecule has 0 atom stereocenters. The Morgan fingerprint density at radius 3 is 2.33 bits per heavy atom. The molecule has 3 heteroatoms. The molecule has 0 amide bonds. The van der Waals surface area contributed by atoms with E-state index in [9.17, 15) is 0 Å². The highest BCUT2D eigenvalue weighted by atomic mass is 16.4. The summed E-state index contributed by atoms with van der Waals surface area (Å²) in [5.74, 6) is 0.891. The Morgan fingerprint density at radius 1 is 1.13 bits per heavy atom. The molecule has 0 saturated carbocycles. The quantitative estimate of drug-likeness (QED) is 0.694. The van der Waals surface area contributed by atoms with Gasteiger partial charge in [0.15, 0.2) is 5.76 Å². The molecule has 0 fully saturated rings. The first kappa shape index (κ1) is 9.77. The van der Waals surface area contributed by atoms with Crippen molar-refractivity contribution in [1.29, 1.82) is 0 Å². The molecule has 0 radical (unpaired) electrons. The van der Waals surface area contributed by atoms with Gasteiger partial charge < -0.3 is 4.42 Å². The SMILES string of the molecule is CN(C)c1oc(-c2ccccc2)c[n+]1C. The van der Waals surface area contributed by atoms with Gasteiger partial charge in [0, 0.05) is 5.56 Å². The maximum Gasteiger partial charge on any atom is 0.456 e. The molecule has 0 saturated heterocycles. The van der Waals surface area contributed by atoms with Gasteiger partial charge in [-0.2, -0.15) is 4.57 Å². The lowest BCUT2D eigenvalue weighted by Gasteiger charge is -1.98. The summed E-state index contributed by atoms with van der Waals surface area (Å²) in [7, 11) is 5.91. The van der Waals surface area contributed by atoms with Crippen LogP contribution in [0, 0.1) is 0 Å². The van der Waals surface area contributed by atoms with Gasteiger partial charge in [0.05, 0.1) is 21.1 Å². The third-order valence-corrected chi connectivity index (χ3v) is 2.25. The normalized spacial score (nSPS) is 10.3. The Labute approximate surface area is 89.6 Å². The first-order valence-electron chi connectivity index (χ1n) is 4.90. The van der Waals surface area contributed by atoms with Crippen molar-refractivity contribution in [3.63, 3.8) is 0 Å². The zero-order chi connectivity index (χ0) is 10.8. The number of nitrogens with zero attached hydrogens (tertiary/aromatic N) is 2. The van der Waals surface area contributed by atoms with E-state index in [1.165, 1.54) is 0 Å². The Hall–Kier alpha value is -1.77. The molecule has 15 heavy (non-hydrogen) atoms. The minimum absolute atomic E-state index is 0.842. The average Bonchev–Trinajstić information content (AvgIpc) is 2.62. The van der Waals surface area contributed by atoms with Crippen LogP contribution < -0.4 is 9.47 Å². The largest absolute Gasteiger partial charge is 0.456 e. The highest BCUT2D eigenvalue weighted by molar-refractivity contribution is 5.55. The van der Waals surface area contributed by atoms with Crippen molar-refractivity contribution in [2.75, 3.05) is 19.0 Å². The number of oxazole rings is 1. The fourth-order valence-corrected chi connectivity index (χ4v) is 1.57. The van der Waals surface area contributed by atoms with E-state index in [0.717, 1.165) is 17.3 Å². The van der Waals surface area contributed by atoms with Crippen LogP contribution in [0.15, 0.2) is 40.9 Å². The van der Waals surface area contributed by atoms with E-state index in [2.05, 4.69) is 0 Å². The minimum Gasteiger partial charge on any atom is -0.387 e. The van der Waals surface area contributed by atoms with Gasteiger partial charge in [0.25, 0.3) is 0 Å². The van der Waals surface area contributed by atoms with Crippen molar-refractivity contribution in [3.8, 4) is 11.3 Å². The third-order valence-electron chi connectivity index (χ3n) is 2.25. The Kier molecular flexibility index (Phi) is 2.46. The van der Waals surface area contributed by atoms with Gasteiger partial charge in [-0.3, -0.25) is 0 Å². The van der Waals surface area contributed by atoms with Crippen molar-refractivity contribution in [1.82, 2.24) is 0 Å². The fourth-order valence-electron chi connectivity index (χ4n) is 1.57. The maximum absolute atomic E-state index is 5.75.